The Morgan fingerprint density at radius 2 is 0.714 bits per heavy atom. The van der Waals surface area contributed by atoms with Crippen molar-refractivity contribution in [2.45, 2.75) is 38.5 Å². The molecule has 0 bridgehead atoms. The third kappa shape index (κ3) is 3.57. The number of rotatable bonds is 0. The highest BCUT2D eigenvalue weighted by Gasteiger charge is 2.56. The Bertz CT molecular complexity index is 2710. The average Bonchev–Trinajstić information content (AvgIpc) is 3.65. The molecule has 0 fully saturated rings. The molecule has 0 N–H and O–H groups in total. The van der Waals surface area contributed by atoms with Gasteiger partial charge in [0.15, 0.2) is 0 Å². The Kier molecular flexibility index (Phi) is 5.60. The molecule has 0 saturated carbocycles. The number of fused-ring (bicyclic) bond motifs is 18. The predicted molar refractivity (Wildman–Crippen MR) is 229 cm³/mol. The number of anilines is 8. The minimum Gasteiger partial charge on any atom is -0.456 e. The zero-order valence-electron chi connectivity index (χ0n) is 31.6. The molecule has 0 aliphatic carbocycles. The van der Waals surface area contributed by atoms with Gasteiger partial charge in [0.2, 0.25) is 0 Å². The van der Waals surface area contributed by atoms with Crippen LogP contribution in [-0.2, 0) is 10.8 Å². The van der Waals surface area contributed by atoms with Gasteiger partial charge < -0.3 is 28.7 Å². The molecule has 0 amide bonds. The fourth-order valence-corrected chi connectivity index (χ4v) is 10.9. The second kappa shape index (κ2) is 10.2. The molecule has 7 aromatic rings. The number of benzene rings is 7. The number of hydrogen-bond donors (Lipinski definition) is 0. The standard InChI is InChI=1S/C48H36B2N4O2/c1-47(2)29-15-5-7-19-35(29)53-45-31(47)17-13-23-39(45)51-37-21-9-11-25-41(37)55-43-28-34-44(27-33(43)49(51)53)56-42-26-12-10-22-38(42)52-40-24-14-18-32-46(40)54(50(34)52)36-20-8-6-16-30(36)48(32,3)4/h5-28H,1-4H3. The normalized spacial score (nSPS) is 17.3. The van der Waals surface area contributed by atoms with Gasteiger partial charge in [-0.05, 0) is 82.9 Å². The Balaban J connectivity index is 1.11. The van der Waals surface area contributed by atoms with E-state index >= 15 is 0 Å². The summed E-state index contributed by atoms with van der Waals surface area (Å²) in [6.07, 6.45) is 0. The monoisotopic (exact) mass is 722 g/mol. The molecule has 0 spiro atoms. The van der Waals surface area contributed by atoms with Gasteiger partial charge in [-0.25, -0.2) is 0 Å². The van der Waals surface area contributed by atoms with E-state index in [0.29, 0.717) is 0 Å². The molecule has 6 aliphatic heterocycles. The van der Waals surface area contributed by atoms with E-state index in [1.54, 1.807) is 0 Å². The summed E-state index contributed by atoms with van der Waals surface area (Å²) in [5.74, 6) is 3.32. The van der Waals surface area contributed by atoms with Gasteiger partial charge in [-0.2, -0.15) is 0 Å². The summed E-state index contributed by atoms with van der Waals surface area (Å²) in [4.78, 5) is 10.1. The number of para-hydroxylation sites is 8. The first-order chi connectivity index (χ1) is 27.3. The van der Waals surface area contributed by atoms with Crippen molar-refractivity contribution in [3.63, 3.8) is 0 Å². The van der Waals surface area contributed by atoms with Gasteiger partial charge in [0.1, 0.15) is 23.0 Å². The second-order valence-electron chi connectivity index (χ2n) is 16.9. The van der Waals surface area contributed by atoms with Crippen LogP contribution >= 0.6 is 0 Å². The van der Waals surface area contributed by atoms with Crippen LogP contribution in [0, 0.1) is 0 Å². The Hall–Kier alpha value is -6.53. The largest absolute Gasteiger partial charge is 0.456 e. The fourth-order valence-electron chi connectivity index (χ4n) is 10.9. The van der Waals surface area contributed by atoms with Crippen LogP contribution in [0.1, 0.15) is 49.9 Å². The predicted octanol–water partition coefficient (Wildman–Crippen LogP) is 10.5. The van der Waals surface area contributed by atoms with Gasteiger partial charge in [0.05, 0.1) is 34.1 Å². The lowest BCUT2D eigenvalue weighted by Crippen LogP contribution is -2.56. The molecule has 0 unspecified atom stereocenters. The first-order valence-electron chi connectivity index (χ1n) is 19.7. The highest BCUT2D eigenvalue weighted by Crippen LogP contribution is 2.61. The molecule has 0 radical (unpaired) electrons. The first kappa shape index (κ1) is 30.8. The third-order valence-electron chi connectivity index (χ3n) is 13.4. The maximum absolute atomic E-state index is 7.18. The van der Waals surface area contributed by atoms with Crippen LogP contribution in [0.15, 0.2) is 146 Å². The minimum atomic E-state index is -0.227. The molecule has 6 heterocycles. The Morgan fingerprint density at radius 3 is 1.16 bits per heavy atom. The van der Waals surface area contributed by atoms with Gasteiger partial charge in [-0.1, -0.05) is 113 Å². The molecular weight excluding hydrogens is 686 g/mol. The smallest absolute Gasteiger partial charge is 0.424 e. The third-order valence-corrected chi connectivity index (χ3v) is 13.4. The summed E-state index contributed by atoms with van der Waals surface area (Å²) < 4.78 is 14.4. The van der Waals surface area contributed by atoms with E-state index in [4.69, 9.17) is 9.47 Å². The molecule has 0 aromatic heterocycles. The van der Waals surface area contributed by atoms with Crippen LogP contribution in [0.25, 0.3) is 0 Å². The quantitative estimate of drug-likeness (QED) is 0.145. The van der Waals surface area contributed by atoms with Crippen LogP contribution in [0.4, 0.5) is 45.5 Å². The number of ether oxygens (including phenoxy) is 2. The van der Waals surface area contributed by atoms with E-state index in [1.807, 2.05) is 0 Å². The van der Waals surface area contributed by atoms with E-state index < -0.39 is 0 Å². The average molecular weight is 722 g/mol. The number of hydrogen-bond acceptors (Lipinski definition) is 6. The lowest BCUT2D eigenvalue weighted by molar-refractivity contribution is 0.479. The Labute approximate surface area is 327 Å². The molecule has 266 valence electrons. The van der Waals surface area contributed by atoms with Crippen molar-refractivity contribution in [1.29, 1.82) is 0 Å². The van der Waals surface area contributed by atoms with Crippen LogP contribution in [0.5, 0.6) is 23.0 Å². The fraction of sp³-hybridized carbons (Fsp3) is 0.125. The molecule has 56 heavy (non-hydrogen) atoms. The lowest BCUT2D eigenvalue weighted by Gasteiger charge is -2.41. The number of nitrogens with zero attached hydrogens (tertiary/aromatic N) is 4. The minimum absolute atomic E-state index is 0.179. The van der Waals surface area contributed by atoms with Crippen LogP contribution in [0.2, 0.25) is 0 Å². The summed E-state index contributed by atoms with van der Waals surface area (Å²) >= 11 is 0. The second-order valence-corrected chi connectivity index (χ2v) is 16.9. The van der Waals surface area contributed by atoms with Crippen molar-refractivity contribution >= 4 is 70.4 Å². The van der Waals surface area contributed by atoms with Gasteiger partial charge in [-0.15, -0.1) is 0 Å². The molecule has 13 rings (SSSR count). The van der Waals surface area contributed by atoms with Crippen molar-refractivity contribution < 1.29 is 9.47 Å². The summed E-state index contributed by atoms with van der Waals surface area (Å²) in [5.41, 5.74) is 16.4. The van der Waals surface area contributed by atoms with Crippen molar-refractivity contribution in [2.24, 2.45) is 0 Å². The molecule has 6 nitrogen and oxygen atoms in total. The van der Waals surface area contributed by atoms with E-state index in [2.05, 4.69) is 193 Å². The maximum Gasteiger partial charge on any atom is 0.424 e. The van der Waals surface area contributed by atoms with Crippen molar-refractivity contribution in [1.82, 2.24) is 0 Å². The zero-order chi connectivity index (χ0) is 37.2. The molecular formula is C48H36B2N4O2. The van der Waals surface area contributed by atoms with Crippen molar-refractivity contribution in [3.05, 3.63) is 168 Å². The highest BCUT2D eigenvalue weighted by molar-refractivity contribution is 6.87. The van der Waals surface area contributed by atoms with Crippen LogP contribution < -0.4 is 39.6 Å². The molecule has 0 saturated heterocycles. The topological polar surface area (TPSA) is 31.4 Å². The molecule has 0 atom stereocenters. The zero-order valence-corrected chi connectivity index (χ0v) is 31.6. The van der Waals surface area contributed by atoms with Gasteiger partial charge in [0.25, 0.3) is 0 Å². The summed E-state index contributed by atoms with van der Waals surface area (Å²) in [7, 11) is 0. The highest BCUT2D eigenvalue weighted by atomic mass is 16.5. The summed E-state index contributed by atoms with van der Waals surface area (Å²) in [6, 6.07) is 53.0. The van der Waals surface area contributed by atoms with Gasteiger partial charge in [0, 0.05) is 33.1 Å². The molecule has 6 aliphatic rings. The van der Waals surface area contributed by atoms with E-state index in [1.165, 1.54) is 56.4 Å². The lowest BCUT2D eigenvalue weighted by atomic mass is 9.58. The van der Waals surface area contributed by atoms with Gasteiger partial charge >= 0.3 is 14.0 Å². The summed E-state index contributed by atoms with van der Waals surface area (Å²) in [5, 5.41) is 0. The van der Waals surface area contributed by atoms with Crippen LogP contribution in [0.3, 0.4) is 0 Å². The van der Waals surface area contributed by atoms with Crippen molar-refractivity contribution in [2.75, 3.05) is 19.2 Å². The van der Waals surface area contributed by atoms with Crippen molar-refractivity contribution in [3.8, 4) is 23.0 Å². The Morgan fingerprint density at radius 1 is 0.357 bits per heavy atom. The van der Waals surface area contributed by atoms with Crippen LogP contribution in [-0.4, -0.2) is 14.0 Å². The molecule has 7 aromatic carbocycles. The van der Waals surface area contributed by atoms with E-state index in [0.717, 1.165) is 45.3 Å². The van der Waals surface area contributed by atoms with E-state index in [-0.39, 0.29) is 24.8 Å². The summed E-state index contributed by atoms with van der Waals surface area (Å²) in [6.45, 7) is 8.97. The molecule has 8 heteroatoms. The van der Waals surface area contributed by atoms with Gasteiger partial charge in [-0.3, -0.25) is 0 Å². The SMILES string of the molecule is CC1(C)c2ccccc2N2B3c4cc5c(cc4Oc4ccccc4N3c3cccc1c32)B1N(c2ccccc2O5)c2cccc3c2N1c1ccccc1C3(C)C. The maximum atomic E-state index is 7.18. The van der Waals surface area contributed by atoms with E-state index in [9.17, 15) is 0 Å². The first-order valence-corrected chi connectivity index (χ1v) is 19.7.